The van der Waals surface area contributed by atoms with E-state index in [1.807, 2.05) is 0 Å². The zero-order valence-corrected chi connectivity index (χ0v) is 17.6. The fraction of sp³-hybridized carbons (Fsp3) is 0.826. The van der Waals surface area contributed by atoms with Gasteiger partial charge in [-0.3, -0.25) is 9.59 Å². The van der Waals surface area contributed by atoms with E-state index in [-0.39, 0.29) is 47.0 Å². The van der Waals surface area contributed by atoms with E-state index in [1.54, 1.807) is 0 Å². The van der Waals surface area contributed by atoms with Crippen molar-refractivity contribution in [3.63, 3.8) is 0 Å². The second kappa shape index (κ2) is 6.86. The molecule has 0 radical (unpaired) electrons. The lowest BCUT2D eigenvalue weighted by molar-refractivity contribution is -0.162. The smallest absolute Gasteiger partial charge is 0.303 e. The molecule has 0 spiro atoms. The molecule has 0 bridgehead atoms. The van der Waals surface area contributed by atoms with Crippen molar-refractivity contribution in [3.8, 4) is 0 Å². The van der Waals surface area contributed by atoms with Crippen LogP contribution in [-0.2, 0) is 19.1 Å². The number of carbonyl (C=O) groups excluding carboxylic acids is 2. The van der Waals surface area contributed by atoms with Gasteiger partial charge in [0, 0.05) is 19.3 Å². The predicted molar refractivity (Wildman–Crippen MR) is 104 cm³/mol. The summed E-state index contributed by atoms with van der Waals surface area (Å²) in [7, 11) is 0. The van der Waals surface area contributed by atoms with Gasteiger partial charge in [0.05, 0.1) is 6.10 Å². The Morgan fingerprint density at radius 2 is 1.71 bits per heavy atom. The number of hydrogen-bond acceptors (Lipinski definition) is 5. The van der Waals surface area contributed by atoms with Crippen LogP contribution in [0, 0.1) is 28.6 Å². The molecule has 28 heavy (non-hydrogen) atoms. The average molecular weight is 391 g/mol. The summed E-state index contributed by atoms with van der Waals surface area (Å²) < 4.78 is 11.1. The number of fused-ring (bicyclic) bond motifs is 5. The molecular formula is C23H34O5. The highest BCUT2D eigenvalue weighted by Crippen LogP contribution is 2.65. The molecular weight excluding hydrogens is 356 g/mol. The van der Waals surface area contributed by atoms with E-state index in [0.29, 0.717) is 18.3 Å². The summed E-state index contributed by atoms with van der Waals surface area (Å²) in [5.41, 5.74) is 1.32. The molecule has 0 aromatic heterocycles. The van der Waals surface area contributed by atoms with Crippen LogP contribution in [0.15, 0.2) is 11.6 Å². The van der Waals surface area contributed by atoms with Gasteiger partial charge in [-0.15, -0.1) is 0 Å². The maximum atomic E-state index is 11.6. The lowest BCUT2D eigenvalue weighted by atomic mass is 9.46. The quantitative estimate of drug-likeness (QED) is 0.574. The van der Waals surface area contributed by atoms with Crippen LogP contribution in [0.1, 0.15) is 72.6 Å². The first-order valence-corrected chi connectivity index (χ1v) is 10.9. The number of esters is 2. The Kier molecular flexibility index (Phi) is 4.88. The molecule has 0 saturated heterocycles. The molecule has 0 amide bonds. The lowest BCUT2D eigenvalue weighted by Crippen LogP contribution is -2.56. The largest absolute Gasteiger partial charge is 0.462 e. The number of rotatable bonds is 2. The summed E-state index contributed by atoms with van der Waals surface area (Å²) in [6, 6.07) is 0. The van der Waals surface area contributed by atoms with Crippen LogP contribution in [-0.4, -0.2) is 35.4 Å². The fourth-order valence-electron chi connectivity index (χ4n) is 7.31. The van der Waals surface area contributed by atoms with Gasteiger partial charge in [-0.1, -0.05) is 19.4 Å². The number of carbonyl (C=O) groups is 2. The first-order valence-electron chi connectivity index (χ1n) is 10.9. The normalized spacial score (nSPS) is 47.2. The highest BCUT2D eigenvalue weighted by atomic mass is 16.5. The van der Waals surface area contributed by atoms with Crippen molar-refractivity contribution in [1.29, 1.82) is 0 Å². The molecule has 4 rings (SSSR count). The summed E-state index contributed by atoms with van der Waals surface area (Å²) >= 11 is 0. The minimum atomic E-state index is -0.374. The molecule has 0 aliphatic heterocycles. The summed E-state index contributed by atoms with van der Waals surface area (Å²) in [6.45, 7) is 7.58. The van der Waals surface area contributed by atoms with Gasteiger partial charge in [0.2, 0.25) is 0 Å². The summed E-state index contributed by atoms with van der Waals surface area (Å²) in [4.78, 5) is 23.0. The molecule has 1 N–H and O–H groups in total. The lowest BCUT2D eigenvalue weighted by Gasteiger charge is -2.59. The van der Waals surface area contributed by atoms with Gasteiger partial charge in [0.1, 0.15) is 12.2 Å². The minimum Gasteiger partial charge on any atom is -0.462 e. The maximum absolute atomic E-state index is 11.6. The van der Waals surface area contributed by atoms with E-state index in [4.69, 9.17) is 9.47 Å². The van der Waals surface area contributed by atoms with Crippen molar-refractivity contribution in [2.24, 2.45) is 28.6 Å². The van der Waals surface area contributed by atoms with Crippen LogP contribution < -0.4 is 0 Å². The molecule has 4 aliphatic rings. The Bertz CT molecular complexity index is 699. The van der Waals surface area contributed by atoms with E-state index in [9.17, 15) is 14.7 Å². The Hall–Kier alpha value is -1.36. The molecule has 3 fully saturated rings. The van der Waals surface area contributed by atoms with Crippen molar-refractivity contribution in [2.45, 2.75) is 91.0 Å². The van der Waals surface area contributed by atoms with Gasteiger partial charge >= 0.3 is 11.9 Å². The molecule has 3 saturated carbocycles. The maximum Gasteiger partial charge on any atom is 0.303 e. The van der Waals surface area contributed by atoms with Gasteiger partial charge < -0.3 is 14.6 Å². The Balaban J connectivity index is 1.61. The summed E-state index contributed by atoms with van der Waals surface area (Å²) in [5.74, 6) is 0.659. The van der Waals surface area contributed by atoms with Crippen molar-refractivity contribution < 1.29 is 24.2 Å². The van der Waals surface area contributed by atoms with Crippen molar-refractivity contribution in [2.75, 3.05) is 0 Å². The first kappa shape index (κ1) is 19.9. The topological polar surface area (TPSA) is 72.8 Å². The molecule has 4 aliphatic carbocycles. The summed E-state index contributed by atoms with van der Waals surface area (Å²) in [5, 5.41) is 11.2. The van der Waals surface area contributed by atoms with Gasteiger partial charge in [0.15, 0.2) is 0 Å². The number of ether oxygens (including phenoxy) is 2. The molecule has 0 heterocycles. The van der Waals surface area contributed by atoms with Gasteiger partial charge in [-0.05, 0) is 74.2 Å². The number of aliphatic hydroxyl groups is 1. The molecule has 1 unspecified atom stereocenters. The van der Waals surface area contributed by atoms with Crippen LogP contribution in [0.4, 0.5) is 0 Å². The van der Waals surface area contributed by atoms with Crippen LogP contribution in [0.3, 0.4) is 0 Å². The molecule has 0 aromatic carbocycles. The zero-order chi connectivity index (χ0) is 20.3. The molecule has 156 valence electrons. The van der Waals surface area contributed by atoms with Crippen LogP contribution in [0.5, 0.6) is 0 Å². The second-order valence-corrected chi connectivity index (χ2v) is 10.1. The van der Waals surface area contributed by atoms with Crippen LogP contribution >= 0.6 is 0 Å². The van der Waals surface area contributed by atoms with Gasteiger partial charge in [-0.2, -0.15) is 0 Å². The van der Waals surface area contributed by atoms with Crippen LogP contribution in [0.25, 0.3) is 0 Å². The van der Waals surface area contributed by atoms with Crippen LogP contribution in [0.2, 0.25) is 0 Å². The van der Waals surface area contributed by atoms with E-state index in [1.165, 1.54) is 19.4 Å². The first-order chi connectivity index (χ1) is 13.1. The monoisotopic (exact) mass is 390 g/mol. The summed E-state index contributed by atoms with van der Waals surface area (Å²) in [6.07, 6.45) is 8.13. The molecule has 8 atom stereocenters. The Morgan fingerprint density at radius 3 is 2.39 bits per heavy atom. The third kappa shape index (κ3) is 3.01. The van der Waals surface area contributed by atoms with Crippen molar-refractivity contribution >= 4 is 11.9 Å². The van der Waals surface area contributed by atoms with Crippen molar-refractivity contribution in [1.82, 2.24) is 0 Å². The van der Waals surface area contributed by atoms with E-state index >= 15 is 0 Å². The van der Waals surface area contributed by atoms with E-state index < -0.39 is 0 Å². The molecule has 5 nitrogen and oxygen atoms in total. The number of aliphatic hydroxyl groups excluding tert-OH is 1. The fourth-order valence-corrected chi connectivity index (χ4v) is 7.31. The highest BCUT2D eigenvalue weighted by molar-refractivity contribution is 5.66. The standard InChI is InChI=1S/C23H34O5/c1-13(24)27-16-7-9-22(3)15(11-16)12-19(26)21-17-5-6-20(28-14(2)25)23(17,4)10-8-18(21)22/h11,16-21,26H,5-10,12H2,1-4H3/t16-,17-,18-,19?,20-,21-,22-,23-/m0/s1. The second-order valence-electron chi connectivity index (χ2n) is 10.1. The highest BCUT2D eigenvalue weighted by Gasteiger charge is 2.62. The molecule has 0 aromatic rings. The zero-order valence-electron chi connectivity index (χ0n) is 17.6. The average Bonchev–Trinajstić information content (AvgIpc) is 2.92. The number of hydrogen-bond donors (Lipinski definition) is 1. The van der Waals surface area contributed by atoms with E-state index in [2.05, 4.69) is 19.9 Å². The van der Waals surface area contributed by atoms with Gasteiger partial charge in [0.25, 0.3) is 0 Å². The van der Waals surface area contributed by atoms with Crippen molar-refractivity contribution in [3.05, 3.63) is 11.6 Å². The Morgan fingerprint density at radius 1 is 1.00 bits per heavy atom. The Labute approximate surface area is 167 Å². The predicted octanol–water partition coefficient (Wildman–Crippen LogP) is 3.78. The molecule has 5 heteroatoms. The SMILES string of the molecule is CC(=O)O[C@@H]1C=C2CC(O)[C@H]3[C@@H]4CC[C@H](OC(C)=O)[C@@]4(C)CC[C@@H]3[C@@]2(C)CC1. The van der Waals surface area contributed by atoms with E-state index in [0.717, 1.165) is 38.5 Å². The third-order valence-corrected chi connectivity index (χ3v) is 8.63. The van der Waals surface area contributed by atoms with Gasteiger partial charge in [-0.25, -0.2) is 0 Å². The third-order valence-electron chi connectivity index (χ3n) is 8.63. The minimum absolute atomic E-state index is 0.0207.